The minimum Gasteiger partial charge on any atom is -0.331 e. The van der Waals surface area contributed by atoms with Gasteiger partial charge in [-0.2, -0.15) is 5.10 Å². The van der Waals surface area contributed by atoms with Gasteiger partial charge in [-0.05, 0) is 44.4 Å². The van der Waals surface area contributed by atoms with Crippen molar-refractivity contribution in [2.45, 2.75) is 53.5 Å². The molecule has 0 saturated carbocycles. The van der Waals surface area contributed by atoms with Crippen molar-refractivity contribution in [3.05, 3.63) is 69.1 Å². The quantitative estimate of drug-likeness (QED) is 0.523. The van der Waals surface area contributed by atoms with Gasteiger partial charge in [-0.25, -0.2) is 4.68 Å². The number of fused-ring (bicyclic) bond motifs is 1. The predicted molar refractivity (Wildman–Crippen MR) is 132 cm³/mol. The number of hydrogen-bond donors (Lipinski definition) is 1. The second kappa shape index (κ2) is 10.4. The summed E-state index contributed by atoms with van der Waals surface area (Å²) in [7, 11) is 1.57. The molecule has 0 bridgehead atoms. The van der Waals surface area contributed by atoms with Crippen molar-refractivity contribution in [3.63, 3.8) is 0 Å². The summed E-state index contributed by atoms with van der Waals surface area (Å²) in [5.41, 5.74) is 3.81. The normalized spacial score (nSPS) is 10.9. The first-order chi connectivity index (χ1) is 15.7. The number of rotatable bonds is 8. The van der Waals surface area contributed by atoms with Crippen LogP contribution >= 0.6 is 0 Å². The molecule has 174 valence electrons. The highest BCUT2D eigenvalue weighted by atomic mass is 16.2. The average molecular weight is 449 g/mol. The Balaban J connectivity index is 1.85. The largest absolute Gasteiger partial charge is 0.331 e. The first-order valence-corrected chi connectivity index (χ1v) is 11.4. The Morgan fingerprint density at radius 1 is 1.03 bits per heavy atom. The van der Waals surface area contributed by atoms with E-state index in [1.807, 2.05) is 32.9 Å². The summed E-state index contributed by atoms with van der Waals surface area (Å²) in [5.74, 6) is -0.690. The van der Waals surface area contributed by atoms with E-state index < -0.39 is 5.91 Å². The predicted octanol–water partition coefficient (Wildman–Crippen LogP) is 4.22. The fourth-order valence-electron chi connectivity index (χ4n) is 4.08. The number of likely N-dealkylation sites (N-methyl/N-ethyl adjacent to an activating group) is 1. The number of anilines is 1. The number of nitrogens with one attached hydrogen (secondary N) is 1. The molecular formula is C26H32N4O3. The van der Waals surface area contributed by atoms with Crippen molar-refractivity contribution < 1.29 is 9.59 Å². The van der Waals surface area contributed by atoms with Crippen molar-refractivity contribution in [1.82, 2.24) is 14.7 Å². The summed E-state index contributed by atoms with van der Waals surface area (Å²) in [4.78, 5) is 40.2. The number of unbranched alkanes of at least 4 members (excludes halogenated alkanes) is 2. The van der Waals surface area contributed by atoms with Crippen molar-refractivity contribution in [1.29, 1.82) is 0 Å². The van der Waals surface area contributed by atoms with E-state index in [1.165, 1.54) is 9.58 Å². The standard InChI is InChI=1S/C26H32N4O3/c1-6-7-10-13-30-25(32)21-12-9-8-11-20(21)24(28-30)26(33)29(5)16-22(31)27-23-18(3)14-17(2)15-19(23)4/h8-9,11-12,14-15H,6-7,10,13,16H2,1-5H3,(H,27,31). The lowest BCUT2D eigenvalue weighted by Gasteiger charge is -2.19. The number of carbonyl (C=O) groups is 2. The van der Waals surface area contributed by atoms with E-state index in [0.29, 0.717) is 17.3 Å². The molecule has 0 atom stereocenters. The van der Waals surface area contributed by atoms with Crippen molar-refractivity contribution >= 4 is 28.3 Å². The number of aromatic nitrogens is 2. The zero-order chi connectivity index (χ0) is 24.1. The van der Waals surface area contributed by atoms with Crippen LogP contribution in [0, 0.1) is 20.8 Å². The molecule has 0 saturated heterocycles. The van der Waals surface area contributed by atoms with Gasteiger partial charge < -0.3 is 10.2 Å². The molecule has 1 N–H and O–H groups in total. The van der Waals surface area contributed by atoms with Crippen LogP contribution in [0.2, 0.25) is 0 Å². The fourth-order valence-corrected chi connectivity index (χ4v) is 4.08. The van der Waals surface area contributed by atoms with Gasteiger partial charge in [-0.1, -0.05) is 55.7 Å². The molecule has 0 aliphatic carbocycles. The van der Waals surface area contributed by atoms with Gasteiger partial charge in [0.15, 0.2) is 5.69 Å². The molecule has 33 heavy (non-hydrogen) atoms. The van der Waals surface area contributed by atoms with Crippen LogP contribution in [0.25, 0.3) is 10.8 Å². The number of carbonyl (C=O) groups excluding carboxylic acids is 2. The van der Waals surface area contributed by atoms with Gasteiger partial charge >= 0.3 is 0 Å². The maximum Gasteiger partial charge on any atom is 0.275 e. The van der Waals surface area contributed by atoms with Crippen molar-refractivity contribution in [2.75, 3.05) is 18.9 Å². The smallest absolute Gasteiger partial charge is 0.275 e. The third-order valence-corrected chi connectivity index (χ3v) is 5.71. The van der Waals surface area contributed by atoms with E-state index in [0.717, 1.165) is 41.6 Å². The monoisotopic (exact) mass is 448 g/mol. The number of aryl methyl sites for hydroxylation is 4. The molecule has 3 aromatic rings. The molecule has 1 heterocycles. The summed E-state index contributed by atoms with van der Waals surface area (Å²) in [6.45, 7) is 8.32. The van der Waals surface area contributed by atoms with Gasteiger partial charge in [0, 0.05) is 24.7 Å². The Bertz CT molecular complexity index is 1220. The second-order valence-electron chi connectivity index (χ2n) is 8.61. The van der Waals surface area contributed by atoms with Crippen LogP contribution < -0.4 is 10.9 Å². The average Bonchev–Trinajstić information content (AvgIpc) is 2.77. The molecule has 0 spiro atoms. The van der Waals surface area contributed by atoms with Crippen LogP contribution in [0.4, 0.5) is 5.69 Å². The number of nitrogens with zero attached hydrogens (tertiary/aromatic N) is 3. The Labute approximate surface area is 194 Å². The van der Waals surface area contributed by atoms with Crippen LogP contribution in [0.5, 0.6) is 0 Å². The van der Waals surface area contributed by atoms with Gasteiger partial charge in [-0.3, -0.25) is 14.4 Å². The number of hydrogen-bond acceptors (Lipinski definition) is 4. The third kappa shape index (κ3) is 5.48. The molecule has 0 fully saturated rings. The lowest BCUT2D eigenvalue weighted by molar-refractivity contribution is -0.116. The second-order valence-corrected chi connectivity index (χ2v) is 8.61. The van der Waals surface area contributed by atoms with E-state index >= 15 is 0 Å². The minimum atomic E-state index is -0.400. The van der Waals surface area contributed by atoms with E-state index in [1.54, 1.807) is 31.3 Å². The zero-order valence-corrected chi connectivity index (χ0v) is 20.1. The SMILES string of the molecule is CCCCCn1nc(C(=O)N(C)CC(=O)Nc2c(C)cc(C)cc2C)c2ccccc2c1=O. The van der Waals surface area contributed by atoms with E-state index in [4.69, 9.17) is 0 Å². The molecule has 2 aromatic carbocycles. The van der Waals surface area contributed by atoms with Gasteiger partial charge in [0.1, 0.15) is 0 Å². The van der Waals surface area contributed by atoms with Crippen LogP contribution in [-0.2, 0) is 11.3 Å². The van der Waals surface area contributed by atoms with Gasteiger partial charge in [-0.15, -0.1) is 0 Å². The van der Waals surface area contributed by atoms with Crippen LogP contribution in [0.3, 0.4) is 0 Å². The molecule has 0 aliphatic rings. The fraction of sp³-hybridized carbons (Fsp3) is 0.385. The molecule has 0 unspecified atom stereocenters. The highest BCUT2D eigenvalue weighted by Crippen LogP contribution is 2.22. The first-order valence-electron chi connectivity index (χ1n) is 11.4. The topological polar surface area (TPSA) is 84.3 Å². The van der Waals surface area contributed by atoms with Crippen LogP contribution in [-0.4, -0.2) is 40.1 Å². The Morgan fingerprint density at radius 3 is 2.30 bits per heavy atom. The van der Waals surface area contributed by atoms with Crippen molar-refractivity contribution in [2.24, 2.45) is 0 Å². The molecule has 7 nitrogen and oxygen atoms in total. The number of benzene rings is 2. The summed E-state index contributed by atoms with van der Waals surface area (Å²) < 4.78 is 1.37. The van der Waals surface area contributed by atoms with Crippen LogP contribution in [0.15, 0.2) is 41.2 Å². The zero-order valence-electron chi connectivity index (χ0n) is 20.1. The summed E-state index contributed by atoms with van der Waals surface area (Å²) in [6.07, 6.45) is 2.80. The molecule has 3 rings (SSSR count). The van der Waals surface area contributed by atoms with Gasteiger partial charge in [0.25, 0.3) is 11.5 Å². The Kier molecular flexibility index (Phi) is 7.63. The maximum absolute atomic E-state index is 13.3. The highest BCUT2D eigenvalue weighted by molar-refractivity contribution is 6.06. The van der Waals surface area contributed by atoms with E-state index in [-0.39, 0.29) is 23.7 Å². The van der Waals surface area contributed by atoms with Gasteiger partial charge in [0.2, 0.25) is 5.91 Å². The van der Waals surface area contributed by atoms with Gasteiger partial charge in [0.05, 0.1) is 11.9 Å². The molecule has 2 amide bonds. The third-order valence-electron chi connectivity index (χ3n) is 5.71. The lowest BCUT2D eigenvalue weighted by atomic mass is 10.1. The minimum absolute atomic E-state index is 0.128. The first kappa shape index (κ1) is 24.2. The Morgan fingerprint density at radius 2 is 1.67 bits per heavy atom. The van der Waals surface area contributed by atoms with E-state index in [9.17, 15) is 14.4 Å². The summed E-state index contributed by atoms with van der Waals surface area (Å²) in [5, 5.41) is 8.28. The summed E-state index contributed by atoms with van der Waals surface area (Å²) in [6, 6.07) is 11.0. The molecular weight excluding hydrogens is 416 g/mol. The number of amides is 2. The van der Waals surface area contributed by atoms with E-state index in [2.05, 4.69) is 17.3 Å². The highest BCUT2D eigenvalue weighted by Gasteiger charge is 2.22. The molecule has 0 aliphatic heterocycles. The maximum atomic E-state index is 13.3. The molecule has 1 aromatic heterocycles. The summed E-state index contributed by atoms with van der Waals surface area (Å²) >= 11 is 0. The van der Waals surface area contributed by atoms with Crippen LogP contribution in [0.1, 0.15) is 53.4 Å². The Hall–Kier alpha value is -3.48. The molecule has 7 heteroatoms. The lowest BCUT2D eigenvalue weighted by Crippen LogP contribution is -2.37. The van der Waals surface area contributed by atoms with Crippen molar-refractivity contribution in [3.8, 4) is 0 Å². The molecule has 0 radical (unpaired) electrons.